The van der Waals surface area contributed by atoms with Crippen LogP contribution in [0.3, 0.4) is 0 Å². The Labute approximate surface area is 84.4 Å². The summed E-state index contributed by atoms with van der Waals surface area (Å²) in [5, 5.41) is 10.3. The van der Waals surface area contributed by atoms with E-state index in [0.717, 1.165) is 6.07 Å². The van der Waals surface area contributed by atoms with E-state index in [0.29, 0.717) is 6.29 Å². The van der Waals surface area contributed by atoms with Gasteiger partial charge in [-0.15, -0.1) is 0 Å². The molecule has 0 bridgehead atoms. The molecule has 0 spiro atoms. The van der Waals surface area contributed by atoms with Crippen LogP contribution in [0.25, 0.3) is 0 Å². The minimum Gasteiger partial charge on any atom is -0.494 e. The number of aldehydes is 1. The maximum absolute atomic E-state index is 10.5. The van der Waals surface area contributed by atoms with Crippen LogP contribution in [0.4, 0.5) is 5.69 Å². The van der Waals surface area contributed by atoms with Crippen molar-refractivity contribution in [3.63, 3.8) is 0 Å². The van der Waals surface area contributed by atoms with Gasteiger partial charge in [-0.3, -0.25) is 14.9 Å². The lowest BCUT2D eigenvalue weighted by atomic mass is 10.2. The fourth-order valence-corrected chi connectivity index (χ4v) is 1.32. The molecule has 5 nitrogen and oxygen atoms in total. The standard InChI is InChI=1S/C8H6ClNO4/c1-14-8-5(4-11)2-3-6(7(8)9)10(12)13/h2-4H,1H3. The summed E-state index contributed by atoms with van der Waals surface area (Å²) in [6, 6.07) is 2.45. The molecule has 0 fully saturated rings. The molecular weight excluding hydrogens is 210 g/mol. The molecule has 0 amide bonds. The Balaban J connectivity index is 3.42. The SMILES string of the molecule is COc1c(C=O)ccc([N+](=O)[O-])c1Cl. The van der Waals surface area contributed by atoms with Gasteiger partial charge in [0.2, 0.25) is 0 Å². The van der Waals surface area contributed by atoms with Gasteiger partial charge in [-0.05, 0) is 6.07 Å². The molecule has 1 aromatic rings. The fourth-order valence-electron chi connectivity index (χ4n) is 1.00. The molecule has 14 heavy (non-hydrogen) atoms. The smallest absolute Gasteiger partial charge is 0.291 e. The summed E-state index contributed by atoms with van der Waals surface area (Å²) in [4.78, 5) is 20.3. The summed E-state index contributed by atoms with van der Waals surface area (Å²) < 4.78 is 4.79. The first-order valence-electron chi connectivity index (χ1n) is 3.58. The summed E-state index contributed by atoms with van der Waals surface area (Å²) in [7, 11) is 1.29. The summed E-state index contributed by atoms with van der Waals surface area (Å²) in [5.74, 6) is 0.0240. The number of carbonyl (C=O) groups excluding carboxylic acids is 1. The first-order chi connectivity index (χ1) is 6.61. The highest BCUT2D eigenvalue weighted by molar-refractivity contribution is 6.34. The third-order valence-corrected chi connectivity index (χ3v) is 2.00. The molecule has 1 aromatic carbocycles. The summed E-state index contributed by atoms with van der Waals surface area (Å²) in [6.07, 6.45) is 0.522. The van der Waals surface area contributed by atoms with Crippen LogP contribution < -0.4 is 4.74 Å². The van der Waals surface area contributed by atoms with Gasteiger partial charge in [0.15, 0.2) is 17.1 Å². The van der Waals surface area contributed by atoms with Crippen molar-refractivity contribution in [2.75, 3.05) is 7.11 Å². The predicted molar refractivity (Wildman–Crippen MR) is 50.0 cm³/mol. The second kappa shape index (κ2) is 4.06. The van der Waals surface area contributed by atoms with Crippen molar-refractivity contribution < 1.29 is 14.5 Å². The zero-order valence-electron chi connectivity index (χ0n) is 7.19. The van der Waals surface area contributed by atoms with Gasteiger partial charge in [-0.2, -0.15) is 0 Å². The highest BCUT2D eigenvalue weighted by atomic mass is 35.5. The highest BCUT2D eigenvalue weighted by Crippen LogP contribution is 2.35. The number of ether oxygens (including phenoxy) is 1. The third-order valence-electron chi connectivity index (χ3n) is 1.63. The highest BCUT2D eigenvalue weighted by Gasteiger charge is 2.19. The maximum atomic E-state index is 10.5. The van der Waals surface area contributed by atoms with Gasteiger partial charge < -0.3 is 4.74 Å². The van der Waals surface area contributed by atoms with E-state index in [1.165, 1.54) is 13.2 Å². The first-order valence-corrected chi connectivity index (χ1v) is 3.95. The largest absolute Gasteiger partial charge is 0.494 e. The Hall–Kier alpha value is -1.62. The normalized spacial score (nSPS) is 9.57. The molecule has 0 radical (unpaired) electrons. The molecule has 0 aliphatic carbocycles. The van der Waals surface area contributed by atoms with Gasteiger partial charge in [-0.25, -0.2) is 0 Å². The Bertz CT molecular complexity index is 391. The number of nitrogens with zero attached hydrogens (tertiary/aromatic N) is 1. The van der Waals surface area contributed by atoms with Crippen LogP contribution in [0.2, 0.25) is 5.02 Å². The number of hydrogen-bond acceptors (Lipinski definition) is 4. The molecule has 74 valence electrons. The van der Waals surface area contributed by atoms with E-state index < -0.39 is 4.92 Å². The lowest BCUT2D eigenvalue weighted by Crippen LogP contribution is -1.96. The summed E-state index contributed by atoms with van der Waals surface area (Å²) >= 11 is 5.66. The quantitative estimate of drug-likeness (QED) is 0.440. The lowest BCUT2D eigenvalue weighted by Gasteiger charge is -2.05. The molecule has 0 heterocycles. The predicted octanol–water partition coefficient (Wildman–Crippen LogP) is 2.07. The zero-order chi connectivity index (χ0) is 10.7. The van der Waals surface area contributed by atoms with Crippen LogP contribution in [-0.4, -0.2) is 18.3 Å². The Morgan fingerprint density at radius 1 is 1.57 bits per heavy atom. The molecule has 0 aromatic heterocycles. The molecule has 1 rings (SSSR count). The molecule has 0 atom stereocenters. The molecule has 0 saturated heterocycles. The van der Waals surface area contributed by atoms with Gasteiger partial charge >= 0.3 is 0 Å². The number of benzene rings is 1. The molecule has 0 saturated carbocycles. The molecule has 6 heteroatoms. The topological polar surface area (TPSA) is 69.4 Å². The number of halogens is 1. The minimum atomic E-state index is -0.639. The Kier molecular flexibility index (Phi) is 3.03. The van der Waals surface area contributed by atoms with E-state index in [-0.39, 0.29) is 22.0 Å². The van der Waals surface area contributed by atoms with Crippen LogP contribution in [0.1, 0.15) is 10.4 Å². The molecule has 0 N–H and O–H groups in total. The van der Waals surface area contributed by atoms with Crippen molar-refractivity contribution in [3.8, 4) is 5.75 Å². The van der Waals surface area contributed by atoms with Gasteiger partial charge in [0.1, 0.15) is 0 Å². The van der Waals surface area contributed by atoms with Crippen molar-refractivity contribution in [3.05, 3.63) is 32.8 Å². The number of carbonyl (C=O) groups is 1. The average molecular weight is 216 g/mol. The van der Waals surface area contributed by atoms with Gasteiger partial charge in [-0.1, -0.05) is 11.6 Å². The third kappa shape index (κ3) is 1.67. The van der Waals surface area contributed by atoms with Crippen LogP contribution in [0, 0.1) is 10.1 Å². The maximum Gasteiger partial charge on any atom is 0.291 e. The minimum absolute atomic E-state index is 0.0240. The van der Waals surface area contributed by atoms with Crippen molar-refractivity contribution in [2.24, 2.45) is 0 Å². The number of hydrogen-bond donors (Lipinski definition) is 0. The van der Waals surface area contributed by atoms with E-state index in [1.54, 1.807) is 0 Å². The van der Waals surface area contributed by atoms with Gasteiger partial charge in [0, 0.05) is 6.07 Å². The van der Waals surface area contributed by atoms with E-state index in [4.69, 9.17) is 16.3 Å². The van der Waals surface area contributed by atoms with E-state index in [1.807, 2.05) is 0 Å². The van der Waals surface area contributed by atoms with E-state index in [2.05, 4.69) is 0 Å². The zero-order valence-corrected chi connectivity index (χ0v) is 7.95. The van der Waals surface area contributed by atoms with Gasteiger partial charge in [0.05, 0.1) is 17.6 Å². The van der Waals surface area contributed by atoms with Crippen molar-refractivity contribution in [1.29, 1.82) is 0 Å². The van der Waals surface area contributed by atoms with E-state index >= 15 is 0 Å². The number of methoxy groups -OCH3 is 1. The van der Waals surface area contributed by atoms with Crippen molar-refractivity contribution in [1.82, 2.24) is 0 Å². The average Bonchev–Trinajstić information content (AvgIpc) is 2.16. The fraction of sp³-hybridized carbons (Fsp3) is 0.125. The number of rotatable bonds is 3. The van der Waals surface area contributed by atoms with Crippen LogP contribution in [0.15, 0.2) is 12.1 Å². The van der Waals surface area contributed by atoms with Crippen LogP contribution in [0.5, 0.6) is 5.75 Å². The van der Waals surface area contributed by atoms with Gasteiger partial charge in [0.25, 0.3) is 5.69 Å². The molecule has 0 unspecified atom stereocenters. The number of nitro groups is 1. The Morgan fingerprint density at radius 3 is 2.64 bits per heavy atom. The molecule has 0 aliphatic heterocycles. The summed E-state index contributed by atoms with van der Waals surface area (Å²) in [5.41, 5.74) is -0.0998. The molecular formula is C8H6ClNO4. The second-order valence-electron chi connectivity index (χ2n) is 2.40. The van der Waals surface area contributed by atoms with Crippen LogP contribution in [-0.2, 0) is 0 Å². The summed E-state index contributed by atoms with van der Waals surface area (Å²) in [6.45, 7) is 0. The lowest BCUT2D eigenvalue weighted by molar-refractivity contribution is -0.384. The van der Waals surface area contributed by atoms with E-state index in [9.17, 15) is 14.9 Å². The van der Waals surface area contributed by atoms with Crippen LogP contribution >= 0.6 is 11.6 Å². The number of nitro benzene ring substituents is 1. The first kappa shape index (κ1) is 10.5. The molecule has 0 aliphatic rings. The monoisotopic (exact) mass is 215 g/mol. The van der Waals surface area contributed by atoms with Crippen molar-refractivity contribution in [2.45, 2.75) is 0 Å². The second-order valence-corrected chi connectivity index (χ2v) is 2.77. The van der Waals surface area contributed by atoms with Crippen molar-refractivity contribution >= 4 is 23.6 Å². The Morgan fingerprint density at radius 2 is 2.21 bits per heavy atom.